The number of hydrogen-bond acceptors (Lipinski definition) is 1. The van der Waals surface area contributed by atoms with Crippen LogP contribution in [0.25, 0.3) is 12.7 Å². The third-order valence-corrected chi connectivity index (χ3v) is 1.79. The van der Waals surface area contributed by atoms with Crippen LogP contribution in [0.15, 0.2) is 18.7 Å². The van der Waals surface area contributed by atoms with Crippen LogP contribution in [0.3, 0.4) is 0 Å². The molecule has 0 aliphatic carbocycles. The van der Waals surface area contributed by atoms with E-state index in [0.29, 0.717) is 10.5 Å². The van der Waals surface area contributed by atoms with Gasteiger partial charge >= 0.3 is 0 Å². The quantitative estimate of drug-likeness (QED) is 0.595. The summed E-state index contributed by atoms with van der Waals surface area (Å²) in [5.74, 6) is 0. The smallest absolute Gasteiger partial charge is 0.130 e. The summed E-state index contributed by atoms with van der Waals surface area (Å²) in [6, 6.07) is 1.81. The Hall–Kier alpha value is -1.08. The first-order valence-electron chi connectivity index (χ1n) is 3.60. The molecular weight excluding hydrogens is 170 g/mol. The summed E-state index contributed by atoms with van der Waals surface area (Å²) in [5, 5.41) is 2.17. The molecular formula is C10H10ClN. The molecule has 0 atom stereocenters. The van der Waals surface area contributed by atoms with Crippen LogP contribution in [0.4, 0.5) is 0 Å². The topological polar surface area (TPSA) is 12.9 Å². The molecule has 0 N–H and O–H groups in total. The molecule has 0 fully saturated rings. The summed E-state index contributed by atoms with van der Waals surface area (Å²) in [4.78, 5) is 4.03. The van der Waals surface area contributed by atoms with Gasteiger partial charge in [0.05, 0.1) is 5.35 Å². The first-order valence-corrected chi connectivity index (χ1v) is 3.98. The molecule has 62 valence electrons. The van der Waals surface area contributed by atoms with Gasteiger partial charge in [-0.05, 0) is 18.6 Å². The summed E-state index contributed by atoms with van der Waals surface area (Å²) in [5.41, 5.74) is 1.07. The molecule has 0 radical (unpaired) electrons. The largest absolute Gasteiger partial charge is 0.237 e. The Labute approximate surface area is 76.7 Å². The van der Waals surface area contributed by atoms with Gasteiger partial charge in [0.1, 0.15) is 5.15 Å². The van der Waals surface area contributed by atoms with Gasteiger partial charge in [-0.15, -0.1) is 0 Å². The minimum atomic E-state index is 0.485. The van der Waals surface area contributed by atoms with Crippen LogP contribution in [0, 0.1) is 6.92 Å². The van der Waals surface area contributed by atoms with Crippen LogP contribution in [0.5, 0.6) is 0 Å². The van der Waals surface area contributed by atoms with E-state index in [1.54, 1.807) is 6.08 Å². The molecule has 2 heteroatoms. The minimum Gasteiger partial charge on any atom is -0.237 e. The summed E-state index contributed by atoms with van der Waals surface area (Å²) in [7, 11) is 0. The average molecular weight is 180 g/mol. The Bertz CT molecular complexity index is 407. The third kappa shape index (κ3) is 1.74. The number of aryl methyl sites for hydroxylation is 1. The lowest BCUT2D eigenvalue weighted by Gasteiger charge is -1.95. The zero-order valence-corrected chi connectivity index (χ0v) is 7.73. The summed E-state index contributed by atoms with van der Waals surface area (Å²) in [6.07, 6.45) is 3.59. The van der Waals surface area contributed by atoms with Crippen LogP contribution in [0.1, 0.15) is 5.56 Å². The maximum absolute atomic E-state index is 5.73. The molecule has 12 heavy (non-hydrogen) atoms. The summed E-state index contributed by atoms with van der Waals surface area (Å²) in [6.45, 7) is 9.37. The van der Waals surface area contributed by atoms with Crippen molar-refractivity contribution >= 4 is 24.3 Å². The fraction of sp³-hybridized carbons (Fsp3) is 0.100. The number of pyridine rings is 1. The second-order valence-electron chi connectivity index (χ2n) is 2.52. The highest BCUT2D eigenvalue weighted by Gasteiger charge is 1.93. The SMILES string of the molecule is C=C/C=c1/c(C)cc(Cl)nc1=C. The number of allylic oxidation sites excluding steroid dienone is 1. The van der Waals surface area contributed by atoms with Crippen LogP contribution < -0.4 is 10.6 Å². The zero-order valence-electron chi connectivity index (χ0n) is 6.97. The molecule has 0 saturated carbocycles. The summed E-state index contributed by atoms with van der Waals surface area (Å²) < 4.78 is 0. The van der Waals surface area contributed by atoms with Gasteiger partial charge in [0, 0.05) is 5.22 Å². The van der Waals surface area contributed by atoms with E-state index in [-0.39, 0.29) is 0 Å². The van der Waals surface area contributed by atoms with E-state index in [4.69, 9.17) is 11.6 Å². The van der Waals surface area contributed by atoms with Gasteiger partial charge in [-0.3, -0.25) is 0 Å². The number of rotatable bonds is 1. The Morgan fingerprint density at radius 2 is 2.25 bits per heavy atom. The van der Waals surface area contributed by atoms with E-state index in [1.165, 1.54) is 0 Å². The molecule has 1 aromatic rings. The standard InChI is InChI=1S/C10H10ClN/c1-4-5-9-7(2)6-10(11)12-8(9)3/h4-6H,1,3H2,2H3/b9-5-. The van der Waals surface area contributed by atoms with E-state index in [9.17, 15) is 0 Å². The molecule has 0 aromatic carbocycles. The van der Waals surface area contributed by atoms with Crippen molar-refractivity contribution in [3.8, 4) is 0 Å². The number of nitrogens with zero attached hydrogens (tertiary/aromatic N) is 1. The molecule has 0 unspecified atom stereocenters. The van der Waals surface area contributed by atoms with Crippen molar-refractivity contribution in [1.82, 2.24) is 4.98 Å². The van der Waals surface area contributed by atoms with Crippen LogP contribution >= 0.6 is 11.6 Å². The Balaban J connectivity index is 3.60. The lowest BCUT2D eigenvalue weighted by atomic mass is 10.2. The highest BCUT2D eigenvalue weighted by molar-refractivity contribution is 6.29. The minimum absolute atomic E-state index is 0.485. The van der Waals surface area contributed by atoms with Crippen molar-refractivity contribution in [2.45, 2.75) is 6.92 Å². The fourth-order valence-corrected chi connectivity index (χ4v) is 1.32. The van der Waals surface area contributed by atoms with Crippen LogP contribution in [0.2, 0.25) is 5.15 Å². The Morgan fingerprint density at radius 3 is 2.75 bits per heavy atom. The van der Waals surface area contributed by atoms with E-state index in [2.05, 4.69) is 18.1 Å². The zero-order chi connectivity index (χ0) is 9.14. The van der Waals surface area contributed by atoms with Gasteiger partial charge in [0.15, 0.2) is 0 Å². The normalized spacial score (nSPS) is 11.7. The molecule has 0 aliphatic heterocycles. The van der Waals surface area contributed by atoms with Crippen molar-refractivity contribution in [2.24, 2.45) is 0 Å². The van der Waals surface area contributed by atoms with Gasteiger partial charge < -0.3 is 0 Å². The highest BCUT2D eigenvalue weighted by Crippen LogP contribution is 1.99. The lowest BCUT2D eigenvalue weighted by Crippen LogP contribution is -2.28. The fourth-order valence-electron chi connectivity index (χ4n) is 1.05. The average Bonchev–Trinajstić information content (AvgIpc) is 1.96. The van der Waals surface area contributed by atoms with Crippen molar-refractivity contribution in [2.75, 3.05) is 0 Å². The van der Waals surface area contributed by atoms with E-state index in [1.807, 2.05) is 19.1 Å². The van der Waals surface area contributed by atoms with Crippen molar-refractivity contribution in [3.05, 3.63) is 40.0 Å². The predicted octanol–water partition coefficient (Wildman–Crippen LogP) is 1.42. The number of hydrogen-bond donors (Lipinski definition) is 0. The number of halogens is 1. The molecule has 1 nitrogen and oxygen atoms in total. The molecule has 0 aliphatic rings. The Kier molecular flexibility index (Phi) is 2.66. The third-order valence-electron chi connectivity index (χ3n) is 1.60. The molecule has 1 rings (SSSR count). The van der Waals surface area contributed by atoms with E-state index >= 15 is 0 Å². The van der Waals surface area contributed by atoms with Gasteiger partial charge in [-0.25, -0.2) is 4.98 Å². The lowest BCUT2D eigenvalue weighted by molar-refractivity contribution is 1.19. The molecule has 0 bridgehead atoms. The van der Waals surface area contributed by atoms with Gasteiger partial charge in [-0.2, -0.15) is 0 Å². The van der Waals surface area contributed by atoms with Crippen molar-refractivity contribution < 1.29 is 0 Å². The Morgan fingerprint density at radius 1 is 1.58 bits per heavy atom. The maximum Gasteiger partial charge on any atom is 0.130 e. The van der Waals surface area contributed by atoms with E-state index < -0.39 is 0 Å². The predicted molar refractivity (Wildman–Crippen MR) is 53.4 cm³/mol. The van der Waals surface area contributed by atoms with Crippen molar-refractivity contribution in [1.29, 1.82) is 0 Å². The highest BCUT2D eigenvalue weighted by atomic mass is 35.5. The van der Waals surface area contributed by atoms with Crippen LogP contribution in [-0.2, 0) is 0 Å². The molecule has 0 saturated heterocycles. The molecule has 0 amide bonds. The van der Waals surface area contributed by atoms with Crippen molar-refractivity contribution in [3.63, 3.8) is 0 Å². The second-order valence-corrected chi connectivity index (χ2v) is 2.91. The molecule has 1 aromatic heterocycles. The summed E-state index contributed by atoms with van der Waals surface area (Å²) >= 11 is 5.73. The maximum atomic E-state index is 5.73. The van der Waals surface area contributed by atoms with Crippen LogP contribution in [-0.4, -0.2) is 4.98 Å². The first kappa shape index (κ1) is 9.01. The van der Waals surface area contributed by atoms with E-state index in [0.717, 1.165) is 10.8 Å². The van der Waals surface area contributed by atoms with Gasteiger partial charge in [0.2, 0.25) is 0 Å². The molecule has 0 spiro atoms. The van der Waals surface area contributed by atoms with Gasteiger partial charge in [-0.1, -0.05) is 36.9 Å². The molecule has 1 heterocycles. The first-order chi connectivity index (χ1) is 5.65. The van der Waals surface area contributed by atoms with Gasteiger partial charge in [0.25, 0.3) is 0 Å². The number of aromatic nitrogens is 1. The monoisotopic (exact) mass is 179 g/mol. The second kappa shape index (κ2) is 3.55.